The summed E-state index contributed by atoms with van der Waals surface area (Å²) < 4.78 is 0. The maximum atomic E-state index is 12.2. The fraction of sp³-hybridized carbons (Fsp3) is 0.368. The molecule has 1 aliphatic rings. The highest BCUT2D eigenvalue weighted by molar-refractivity contribution is 5.97. The number of nitrogens with one attached hydrogen (secondary N) is 2. The van der Waals surface area contributed by atoms with E-state index in [2.05, 4.69) is 23.2 Å². The number of hydrogen-bond acceptors (Lipinski definition) is 4. The van der Waals surface area contributed by atoms with Gasteiger partial charge in [0.25, 0.3) is 11.8 Å². The molecule has 25 heavy (non-hydrogen) atoms. The molecule has 0 saturated carbocycles. The molecule has 6 nitrogen and oxygen atoms in total. The predicted molar refractivity (Wildman–Crippen MR) is 92.7 cm³/mol. The minimum Gasteiger partial charge on any atom is -0.391 e. The first-order chi connectivity index (χ1) is 12.0. The SMILES string of the molecule is C[C@@H](O)C(NC(=O)c1ccc(C#CC2=CCCCC2)cc1)C(=O)NO. The van der Waals surface area contributed by atoms with Crippen molar-refractivity contribution >= 4 is 11.8 Å². The smallest absolute Gasteiger partial charge is 0.268 e. The van der Waals surface area contributed by atoms with Gasteiger partial charge in [-0.15, -0.1) is 0 Å². The third kappa shape index (κ3) is 5.45. The van der Waals surface area contributed by atoms with Gasteiger partial charge in [0.1, 0.15) is 6.04 Å². The second kappa shape index (κ2) is 9.02. The summed E-state index contributed by atoms with van der Waals surface area (Å²) in [6.45, 7) is 1.35. The van der Waals surface area contributed by atoms with Crippen molar-refractivity contribution in [3.63, 3.8) is 0 Å². The first-order valence-electron chi connectivity index (χ1n) is 8.25. The number of amides is 2. The van der Waals surface area contributed by atoms with Crippen molar-refractivity contribution in [3.05, 3.63) is 47.0 Å². The van der Waals surface area contributed by atoms with Gasteiger partial charge in [0.05, 0.1) is 6.10 Å². The van der Waals surface area contributed by atoms with Gasteiger partial charge in [-0.3, -0.25) is 14.8 Å². The summed E-state index contributed by atoms with van der Waals surface area (Å²) in [6.07, 6.45) is 5.50. The number of aliphatic hydroxyl groups excluding tert-OH is 1. The quantitative estimate of drug-likeness (QED) is 0.379. The van der Waals surface area contributed by atoms with E-state index in [-0.39, 0.29) is 0 Å². The Bertz CT molecular complexity index is 711. The van der Waals surface area contributed by atoms with Gasteiger partial charge in [-0.25, -0.2) is 5.48 Å². The molecule has 2 atom stereocenters. The first kappa shape index (κ1) is 18.7. The van der Waals surface area contributed by atoms with E-state index < -0.39 is 24.0 Å². The van der Waals surface area contributed by atoms with Crippen LogP contribution in [0.2, 0.25) is 0 Å². The van der Waals surface area contributed by atoms with Gasteiger partial charge in [-0.05, 0) is 62.4 Å². The normalized spacial score (nSPS) is 15.9. The highest BCUT2D eigenvalue weighted by Gasteiger charge is 2.25. The Morgan fingerprint density at radius 2 is 1.88 bits per heavy atom. The Balaban J connectivity index is 2.03. The van der Waals surface area contributed by atoms with Gasteiger partial charge in [0.15, 0.2) is 0 Å². The van der Waals surface area contributed by atoms with E-state index in [1.165, 1.54) is 25.2 Å². The predicted octanol–water partition coefficient (Wildman–Crippen LogP) is 1.52. The van der Waals surface area contributed by atoms with Crippen LogP contribution < -0.4 is 10.8 Å². The molecule has 4 N–H and O–H groups in total. The van der Waals surface area contributed by atoms with E-state index in [9.17, 15) is 14.7 Å². The van der Waals surface area contributed by atoms with E-state index in [0.29, 0.717) is 5.56 Å². The van der Waals surface area contributed by atoms with Crippen LogP contribution in [0.15, 0.2) is 35.9 Å². The van der Waals surface area contributed by atoms with Crippen LogP contribution in [0.3, 0.4) is 0 Å². The molecule has 0 fully saturated rings. The Morgan fingerprint density at radius 1 is 1.16 bits per heavy atom. The van der Waals surface area contributed by atoms with Crippen LogP contribution in [-0.2, 0) is 4.79 Å². The van der Waals surface area contributed by atoms with Crippen molar-refractivity contribution < 1.29 is 19.9 Å². The van der Waals surface area contributed by atoms with Crippen LogP contribution in [0.5, 0.6) is 0 Å². The molecular formula is C19H22N2O4. The molecule has 2 amide bonds. The van der Waals surface area contributed by atoms with Gasteiger partial charge in [0, 0.05) is 11.1 Å². The molecule has 0 radical (unpaired) electrons. The van der Waals surface area contributed by atoms with Crippen molar-refractivity contribution in [3.8, 4) is 11.8 Å². The largest absolute Gasteiger partial charge is 0.391 e. The maximum Gasteiger partial charge on any atom is 0.268 e. The molecule has 0 spiro atoms. The Morgan fingerprint density at radius 3 is 2.44 bits per heavy atom. The molecule has 6 heteroatoms. The van der Waals surface area contributed by atoms with E-state index in [0.717, 1.165) is 24.0 Å². The fourth-order valence-corrected chi connectivity index (χ4v) is 2.51. The van der Waals surface area contributed by atoms with Crippen LogP contribution >= 0.6 is 0 Å². The van der Waals surface area contributed by atoms with E-state index >= 15 is 0 Å². The van der Waals surface area contributed by atoms with E-state index in [1.54, 1.807) is 24.3 Å². The number of carbonyl (C=O) groups excluding carboxylic acids is 2. The standard InChI is InChI=1S/C19H22N2O4/c1-13(22)17(19(24)21-25)20-18(23)16-11-9-15(10-12-16)8-7-14-5-3-2-4-6-14/h5,9-13,17,22,25H,2-4,6H2,1H3,(H,20,23)(H,21,24)/t13-,17?/m1/s1. The topological polar surface area (TPSA) is 98.7 Å². The lowest BCUT2D eigenvalue weighted by atomic mass is 10.00. The molecule has 0 saturated heterocycles. The fourth-order valence-electron chi connectivity index (χ4n) is 2.51. The number of rotatable bonds is 4. The average Bonchev–Trinajstić information content (AvgIpc) is 2.64. The Labute approximate surface area is 146 Å². The molecule has 1 aliphatic carbocycles. The van der Waals surface area contributed by atoms with Crippen molar-refractivity contribution in [1.82, 2.24) is 10.8 Å². The van der Waals surface area contributed by atoms with Gasteiger partial charge < -0.3 is 10.4 Å². The zero-order valence-corrected chi connectivity index (χ0v) is 14.1. The molecular weight excluding hydrogens is 320 g/mol. The van der Waals surface area contributed by atoms with Crippen LogP contribution in [-0.4, -0.2) is 34.3 Å². The number of aliphatic hydroxyl groups is 1. The summed E-state index contributed by atoms with van der Waals surface area (Å²) in [5, 5.41) is 20.6. The maximum absolute atomic E-state index is 12.2. The van der Waals surface area contributed by atoms with Crippen LogP contribution in [0.4, 0.5) is 0 Å². The summed E-state index contributed by atoms with van der Waals surface area (Å²) >= 11 is 0. The summed E-state index contributed by atoms with van der Waals surface area (Å²) in [6, 6.07) is 5.42. The van der Waals surface area contributed by atoms with Crippen molar-refractivity contribution in [1.29, 1.82) is 0 Å². The van der Waals surface area contributed by atoms with Gasteiger partial charge in [-0.2, -0.15) is 0 Å². The second-order valence-electron chi connectivity index (χ2n) is 5.97. The number of benzene rings is 1. The van der Waals surface area contributed by atoms with Gasteiger partial charge in [0.2, 0.25) is 0 Å². The Hall–Kier alpha value is -2.62. The summed E-state index contributed by atoms with van der Waals surface area (Å²) in [4.78, 5) is 23.6. The lowest BCUT2D eigenvalue weighted by Gasteiger charge is -2.19. The first-order valence-corrected chi connectivity index (χ1v) is 8.25. The minimum absolute atomic E-state index is 0.332. The zero-order valence-electron chi connectivity index (χ0n) is 14.1. The van der Waals surface area contributed by atoms with Crippen LogP contribution in [0.1, 0.15) is 48.5 Å². The second-order valence-corrected chi connectivity index (χ2v) is 5.97. The van der Waals surface area contributed by atoms with Crippen LogP contribution in [0, 0.1) is 11.8 Å². The van der Waals surface area contributed by atoms with E-state index in [4.69, 9.17) is 5.21 Å². The van der Waals surface area contributed by atoms with Crippen LogP contribution in [0.25, 0.3) is 0 Å². The number of hydroxylamine groups is 1. The molecule has 2 rings (SSSR count). The molecule has 132 valence electrons. The lowest BCUT2D eigenvalue weighted by Crippen LogP contribution is -2.51. The van der Waals surface area contributed by atoms with Crippen molar-refractivity contribution in [2.75, 3.05) is 0 Å². The number of hydrogen-bond donors (Lipinski definition) is 4. The van der Waals surface area contributed by atoms with Crippen molar-refractivity contribution in [2.45, 2.75) is 44.8 Å². The summed E-state index contributed by atoms with van der Waals surface area (Å²) in [5.41, 5.74) is 3.71. The average molecular weight is 342 g/mol. The molecule has 0 aliphatic heterocycles. The number of allylic oxidation sites excluding steroid dienone is 2. The minimum atomic E-state index is -1.24. The summed E-state index contributed by atoms with van der Waals surface area (Å²) in [7, 11) is 0. The highest BCUT2D eigenvalue weighted by Crippen LogP contribution is 2.16. The highest BCUT2D eigenvalue weighted by atomic mass is 16.5. The Kier molecular flexibility index (Phi) is 6.75. The van der Waals surface area contributed by atoms with Gasteiger partial charge in [-0.1, -0.05) is 17.9 Å². The van der Waals surface area contributed by atoms with Gasteiger partial charge >= 0.3 is 0 Å². The molecule has 0 bridgehead atoms. The summed E-state index contributed by atoms with van der Waals surface area (Å²) in [5.74, 6) is 4.83. The monoisotopic (exact) mass is 342 g/mol. The molecule has 0 aromatic heterocycles. The molecule has 1 unspecified atom stereocenters. The molecule has 1 aromatic carbocycles. The lowest BCUT2D eigenvalue weighted by molar-refractivity contribution is -0.133. The van der Waals surface area contributed by atoms with Crippen molar-refractivity contribution in [2.24, 2.45) is 0 Å². The number of carbonyl (C=O) groups is 2. The molecule has 0 heterocycles. The van der Waals surface area contributed by atoms with E-state index in [1.807, 2.05) is 0 Å². The third-order valence-corrected chi connectivity index (χ3v) is 3.97. The molecule has 1 aromatic rings. The zero-order chi connectivity index (χ0) is 18.2. The third-order valence-electron chi connectivity index (χ3n) is 3.97.